The van der Waals surface area contributed by atoms with Gasteiger partial charge >= 0.3 is 0 Å². The summed E-state index contributed by atoms with van der Waals surface area (Å²) in [5.74, 6) is 0.675. The van der Waals surface area contributed by atoms with Crippen LogP contribution in [0.1, 0.15) is 25.3 Å². The minimum Gasteiger partial charge on any atom is -0.241 e. The quantitative estimate of drug-likeness (QED) is 0.692. The molecular weight excluding hydrogens is 306 g/mol. The molecule has 1 aromatic carbocycles. The van der Waals surface area contributed by atoms with E-state index in [0.29, 0.717) is 10.7 Å². The van der Waals surface area contributed by atoms with Crippen molar-refractivity contribution in [2.24, 2.45) is 5.92 Å². The first-order valence-corrected chi connectivity index (χ1v) is 8.08. The maximum Gasteiger partial charge on any atom is 0.0935 e. The number of nitrogens with zero attached hydrogens (tertiary/aromatic N) is 1. The number of thiazole rings is 1. The molecule has 0 N–H and O–H groups in total. The highest BCUT2D eigenvalue weighted by atomic mass is 79.9. The molecule has 96 valence electrons. The average molecular weight is 324 g/mol. The van der Waals surface area contributed by atoms with Crippen LogP contribution in [0.3, 0.4) is 0 Å². The third-order valence-electron chi connectivity index (χ3n) is 2.87. The molecule has 0 saturated heterocycles. The molecule has 0 aliphatic heterocycles. The van der Waals surface area contributed by atoms with E-state index in [2.05, 4.69) is 59.4 Å². The Balaban J connectivity index is 2.03. The Labute approximate surface area is 121 Å². The molecule has 2 atom stereocenters. The first kappa shape index (κ1) is 13.8. The summed E-state index contributed by atoms with van der Waals surface area (Å²) in [5.41, 5.74) is 2.32. The summed E-state index contributed by atoms with van der Waals surface area (Å²) in [6.07, 6.45) is 2.27. The van der Waals surface area contributed by atoms with Gasteiger partial charge in [-0.2, -0.15) is 0 Å². The zero-order chi connectivity index (χ0) is 13.0. The number of hydrogen-bond donors (Lipinski definition) is 0. The number of rotatable bonds is 5. The van der Waals surface area contributed by atoms with Crippen molar-refractivity contribution in [2.75, 3.05) is 0 Å². The van der Waals surface area contributed by atoms with Gasteiger partial charge in [0, 0.05) is 22.2 Å². The summed E-state index contributed by atoms with van der Waals surface area (Å²) in [5, 5.41) is 3.41. The number of alkyl halides is 1. The second kappa shape index (κ2) is 6.48. The van der Waals surface area contributed by atoms with E-state index < -0.39 is 0 Å². The van der Waals surface area contributed by atoms with Gasteiger partial charge in [-0.15, -0.1) is 11.3 Å². The number of hydrogen-bond acceptors (Lipinski definition) is 2. The third kappa shape index (κ3) is 3.92. The van der Waals surface area contributed by atoms with E-state index in [1.54, 1.807) is 11.3 Å². The van der Waals surface area contributed by atoms with Gasteiger partial charge in [0.05, 0.1) is 10.7 Å². The van der Waals surface area contributed by atoms with Gasteiger partial charge in [0.1, 0.15) is 0 Å². The second-order valence-electron chi connectivity index (χ2n) is 4.82. The predicted molar refractivity (Wildman–Crippen MR) is 83.4 cm³/mol. The van der Waals surface area contributed by atoms with Crippen LogP contribution in [0.5, 0.6) is 0 Å². The van der Waals surface area contributed by atoms with Crippen molar-refractivity contribution in [3.63, 3.8) is 0 Å². The first-order valence-electron chi connectivity index (χ1n) is 6.29. The topological polar surface area (TPSA) is 12.9 Å². The van der Waals surface area contributed by atoms with Crippen molar-refractivity contribution in [1.82, 2.24) is 4.98 Å². The first-order chi connectivity index (χ1) is 8.65. The molecule has 0 radical (unpaired) electrons. The number of halogens is 1. The van der Waals surface area contributed by atoms with Gasteiger partial charge in [-0.05, 0) is 12.3 Å². The Hall–Kier alpha value is -0.670. The van der Waals surface area contributed by atoms with E-state index in [1.165, 1.54) is 17.0 Å². The lowest BCUT2D eigenvalue weighted by Gasteiger charge is -2.10. The molecular formula is C15H18BrNS. The lowest BCUT2D eigenvalue weighted by molar-refractivity contribution is 0.531. The molecule has 0 aliphatic rings. The van der Waals surface area contributed by atoms with E-state index >= 15 is 0 Å². The Morgan fingerprint density at radius 1 is 1.22 bits per heavy atom. The normalized spacial score (nSPS) is 14.4. The lowest BCUT2D eigenvalue weighted by atomic mass is 10.0. The number of aromatic nitrogens is 1. The summed E-state index contributed by atoms with van der Waals surface area (Å²) in [4.78, 5) is 5.32. The molecule has 1 nitrogen and oxygen atoms in total. The van der Waals surface area contributed by atoms with E-state index in [9.17, 15) is 0 Å². The van der Waals surface area contributed by atoms with Gasteiger partial charge in [-0.3, -0.25) is 0 Å². The van der Waals surface area contributed by atoms with E-state index in [-0.39, 0.29) is 0 Å². The summed E-state index contributed by atoms with van der Waals surface area (Å²) in [7, 11) is 0. The van der Waals surface area contributed by atoms with Gasteiger partial charge in [0.2, 0.25) is 0 Å². The van der Waals surface area contributed by atoms with Crippen LogP contribution in [0.15, 0.2) is 35.7 Å². The molecule has 0 bridgehead atoms. The fraction of sp³-hybridized carbons (Fsp3) is 0.400. The van der Waals surface area contributed by atoms with Gasteiger partial charge in [0.15, 0.2) is 0 Å². The Kier molecular flexibility index (Phi) is 4.95. The third-order valence-corrected chi connectivity index (χ3v) is 4.12. The maximum absolute atomic E-state index is 4.73. The molecule has 1 heterocycles. The van der Waals surface area contributed by atoms with Crippen LogP contribution >= 0.6 is 27.3 Å². The van der Waals surface area contributed by atoms with Gasteiger partial charge in [-0.1, -0.05) is 60.1 Å². The summed E-state index contributed by atoms with van der Waals surface area (Å²) >= 11 is 5.39. The Morgan fingerprint density at radius 3 is 2.61 bits per heavy atom. The second-order valence-corrected chi connectivity index (χ2v) is 7.32. The molecule has 0 saturated carbocycles. The highest BCUT2D eigenvalue weighted by Gasteiger charge is 2.10. The van der Waals surface area contributed by atoms with Gasteiger partial charge in [-0.25, -0.2) is 4.98 Å². The van der Waals surface area contributed by atoms with Crippen molar-refractivity contribution in [3.05, 3.63) is 40.7 Å². The molecule has 2 unspecified atom stereocenters. The zero-order valence-corrected chi connectivity index (χ0v) is 13.2. The van der Waals surface area contributed by atoms with Crippen LogP contribution < -0.4 is 0 Å². The summed E-state index contributed by atoms with van der Waals surface area (Å²) in [6, 6.07) is 10.4. The van der Waals surface area contributed by atoms with Crippen LogP contribution in [0.4, 0.5) is 0 Å². The van der Waals surface area contributed by atoms with Crippen LogP contribution in [0, 0.1) is 5.92 Å². The molecule has 3 heteroatoms. The average Bonchev–Trinajstić information content (AvgIpc) is 2.77. The van der Waals surface area contributed by atoms with Crippen molar-refractivity contribution in [1.29, 1.82) is 0 Å². The van der Waals surface area contributed by atoms with Crippen LogP contribution in [0.2, 0.25) is 0 Å². The Morgan fingerprint density at radius 2 is 1.94 bits per heavy atom. The summed E-state index contributed by atoms with van der Waals surface area (Å²) < 4.78 is 0. The molecule has 0 spiro atoms. The van der Waals surface area contributed by atoms with E-state index in [4.69, 9.17) is 4.98 Å². The SMILES string of the molecule is CC(Br)CC(C)Cc1nc(-c2ccccc2)cs1. The Bertz CT molecular complexity index is 478. The van der Waals surface area contributed by atoms with Crippen molar-refractivity contribution >= 4 is 27.3 Å². The highest BCUT2D eigenvalue weighted by Crippen LogP contribution is 2.24. The van der Waals surface area contributed by atoms with Crippen LogP contribution in [-0.4, -0.2) is 9.81 Å². The lowest BCUT2D eigenvalue weighted by Crippen LogP contribution is -2.04. The molecule has 0 fully saturated rings. The molecule has 2 aromatic rings. The predicted octanol–water partition coefficient (Wildman–Crippen LogP) is 5.16. The smallest absolute Gasteiger partial charge is 0.0935 e. The molecule has 2 rings (SSSR count). The van der Waals surface area contributed by atoms with Gasteiger partial charge in [0.25, 0.3) is 0 Å². The van der Waals surface area contributed by atoms with Crippen molar-refractivity contribution in [3.8, 4) is 11.3 Å². The monoisotopic (exact) mass is 323 g/mol. The van der Waals surface area contributed by atoms with Crippen molar-refractivity contribution in [2.45, 2.75) is 31.5 Å². The standard InChI is InChI=1S/C15H18BrNS/c1-11(8-12(2)16)9-15-17-14(10-18-15)13-6-4-3-5-7-13/h3-7,10-12H,8-9H2,1-2H3. The largest absolute Gasteiger partial charge is 0.241 e. The minimum atomic E-state index is 0.584. The van der Waals surface area contributed by atoms with Crippen LogP contribution in [-0.2, 0) is 6.42 Å². The molecule has 0 amide bonds. The summed E-state index contributed by atoms with van der Waals surface area (Å²) in [6.45, 7) is 4.50. The zero-order valence-electron chi connectivity index (χ0n) is 10.8. The van der Waals surface area contributed by atoms with Crippen molar-refractivity contribution < 1.29 is 0 Å². The highest BCUT2D eigenvalue weighted by molar-refractivity contribution is 9.09. The molecule has 18 heavy (non-hydrogen) atoms. The van der Waals surface area contributed by atoms with E-state index in [0.717, 1.165) is 12.1 Å². The number of benzene rings is 1. The van der Waals surface area contributed by atoms with Crippen LogP contribution in [0.25, 0.3) is 11.3 Å². The maximum atomic E-state index is 4.73. The fourth-order valence-corrected chi connectivity index (χ4v) is 3.69. The minimum absolute atomic E-state index is 0.584. The van der Waals surface area contributed by atoms with Gasteiger partial charge < -0.3 is 0 Å². The van der Waals surface area contributed by atoms with E-state index in [1.807, 2.05) is 6.07 Å². The fourth-order valence-electron chi connectivity index (χ4n) is 2.08. The molecule has 1 aromatic heterocycles. The molecule has 0 aliphatic carbocycles.